The summed E-state index contributed by atoms with van der Waals surface area (Å²) in [5.41, 5.74) is 0. The van der Waals surface area contributed by atoms with Gasteiger partial charge < -0.3 is 0 Å². The van der Waals surface area contributed by atoms with Crippen molar-refractivity contribution in [3.8, 4) is 11.8 Å². The van der Waals surface area contributed by atoms with Crippen molar-refractivity contribution in [3.63, 3.8) is 0 Å². The Morgan fingerprint density at radius 3 is 2.57 bits per heavy atom. The fourth-order valence-electron chi connectivity index (χ4n) is 2.11. The highest BCUT2D eigenvalue weighted by Crippen LogP contribution is 2.19. The first-order valence-electron chi connectivity index (χ1n) is 6.42. The number of hydrogen-bond donors (Lipinski definition) is 0. The van der Waals surface area contributed by atoms with Gasteiger partial charge in [-0.1, -0.05) is 51.4 Å². The van der Waals surface area contributed by atoms with E-state index < -0.39 is 0 Å². The van der Waals surface area contributed by atoms with Crippen LogP contribution in [0.1, 0.15) is 71.1 Å². The molecular weight excluding hydrogens is 168 g/mol. The first kappa shape index (κ1) is 11.6. The largest absolute Gasteiger partial charge is 0.103 e. The molecule has 1 aliphatic carbocycles. The van der Waals surface area contributed by atoms with Crippen LogP contribution in [-0.2, 0) is 0 Å². The Morgan fingerprint density at radius 2 is 1.86 bits per heavy atom. The lowest BCUT2D eigenvalue weighted by Crippen LogP contribution is -2.00. The molecule has 1 aliphatic rings. The maximum absolute atomic E-state index is 3.37. The Morgan fingerprint density at radius 1 is 1.07 bits per heavy atom. The van der Waals surface area contributed by atoms with Crippen LogP contribution >= 0.6 is 0 Å². The summed E-state index contributed by atoms with van der Waals surface area (Å²) in [5.74, 6) is 7.36. The molecule has 0 heteroatoms. The molecule has 1 rings (SSSR count). The molecule has 1 unspecified atom stereocenters. The van der Waals surface area contributed by atoms with E-state index in [1.54, 1.807) is 0 Å². The number of unbranched alkanes of at least 4 members (excludes halogenated alkanes) is 5. The van der Waals surface area contributed by atoms with Gasteiger partial charge in [0.25, 0.3) is 0 Å². The van der Waals surface area contributed by atoms with Gasteiger partial charge in [0.1, 0.15) is 0 Å². The van der Waals surface area contributed by atoms with Crippen molar-refractivity contribution in [1.82, 2.24) is 0 Å². The Kier molecular flexibility index (Phi) is 6.58. The minimum Gasteiger partial charge on any atom is -0.103 e. The second-order valence-electron chi connectivity index (χ2n) is 4.47. The van der Waals surface area contributed by atoms with Crippen molar-refractivity contribution in [1.29, 1.82) is 0 Å². The second-order valence-corrected chi connectivity index (χ2v) is 4.47. The highest BCUT2D eigenvalue weighted by atomic mass is 14.1. The molecule has 0 aromatic carbocycles. The average molecular weight is 192 g/mol. The molecule has 1 atom stereocenters. The van der Waals surface area contributed by atoms with Crippen LogP contribution in [0, 0.1) is 17.8 Å². The zero-order valence-corrected chi connectivity index (χ0v) is 9.65. The van der Waals surface area contributed by atoms with Gasteiger partial charge in [0.15, 0.2) is 0 Å². The maximum atomic E-state index is 3.37. The van der Waals surface area contributed by atoms with E-state index in [0.717, 1.165) is 12.3 Å². The van der Waals surface area contributed by atoms with Crippen LogP contribution in [0.25, 0.3) is 0 Å². The van der Waals surface area contributed by atoms with Gasteiger partial charge in [0.2, 0.25) is 0 Å². The van der Waals surface area contributed by atoms with Crippen LogP contribution in [-0.4, -0.2) is 0 Å². The van der Waals surface area contributed by atoms with Crippen molar-refractivity contribution < 1.29 is 0 Å². The highest BCUT2D eigenvalue weighted by Gasteiger charge is 2.06. The summed E-state index contributed by atoms with van der Waals surface area (Å²) in [4.78, 5) is 0. The van der Waals surface area contributed by atoms with E-state index in [2.05, 4.69) is 18.8 Å². The molecule has 0 aliphatic heterocycles. The van der Waals surface area contributed by atoms with E-state index in [1.165, 1.54) is 57.8 Å². The van der Waals surface area contributed by atoms with Crippen molar-refractivity contribution in [2.45, 2.75) is 71.1 Å². The van der Waals surface area contributed by atoms with Gasteiger partial charge >= 0.3 is 0 Å². The molecule has 0 bridgehead atoms. The monoisotopic (exact) mass is 192 g/mol. The SMILES string of the molecule is CCCCCCCCC1C#CCCC1. The quantitative estimate of drug-likeness (QED) is 0.410. The van der Waals surface area contributed by atoms with Crippen LogP contribution in [0.5, 0.6) is 0 Å². The van der Waals surface area contributed by atoms with Crippen LogP contribution in [0.3, 0.4) is 0 Å². The normalized spacial score (nSPS) is 20.2. The van der Waals surface area contributed by atoms with Crippen molar-refractivity contribution in [2.75, 3.05) is 0 Å². The third kappa shape index (κ3) is 5.32. The Balaban J connectivity index is 1.89. The summed E-state index contributed by atoms with van der Waals surface area (Å²) in [6, 6.07) is 0. The predicted molar refractivity (Wildman–Crippen MR) is 63.1 cm³/mol. The first-order valence-corrected chi connectivity index (χ1v) is 6.42. The fraction of sp³-hybridized carbons (Fsp3) is 0.857. The minimum absolute atomic E-state index is 0.745. The minimum atomic E-state index is 0.745. The molecule has 0 N–H and O–H groups in total. The predicted octanol–water partition coefficient (Wildman–Crippen LogP) is 4.54. The molecule has 0 saturated heterocycles. The lowest BCUT2D eigenvalue weighted by atomic mass is 9.92. The van der Waals surface area contributed by atoms with E-state index >= 15 is 0 Å². The third-order valence-corrected chi connectivity index (χ3v) is 3.07. The maximum Gasteiger partial charge on any atom is 0.0203 e. The molecule has 14 heavy (non-hydrogen) atoms. The molecule has 0 saturated carbocycles. The van der Waals surface area contributed by atoms with E-state index in [0.29, 0.717) is 0 Å². The number of hydrogen-bond acceptors (Lipinski definition) is 0. The van der Waals surface area contributed by atoms with Gasteiger partial charge in [-0.05, 0) is 19.3 Å². The molecule has 0 nitrogen and oxygen atoms in total. The highest BCUT2D eigenvalue weighted by molar-refractivity contribution is 5.06. The smallest absolute Gasteiger partial charge is 0.0203 e. The summed E-state index contributed by atoms with van der Waals surface area (Å²) in [7, 11) is 0. The summed E-state index contributed by atoms with van der Waals surface area (Å²) in [5, 5.41) is 0. The van der Waals surface area contributed by atoms with E-state index in [-0.39, 0.29) is 0 Å². The molecule has 80 valence electrons. The lowest BCUT2D eigenvalue weighted by molar-refractivity contribution is 0.488. The van der Waals surface area contributed by atoms with E-state index in [4.69, 9.17) is 0 Å². The van der Waals surface area contributed by atoms with E-state index in [1.807, 2.05) is 0 Å². The van der Waals surface area contributed by atoms with E-state index in [9.17, 15) is 0 Å². The molecule has 0 radical (unpaired) electrons. The zero-order valence-electron chi connectivity index (χ0n) is 9.65. The van der Waals surface area contributed by atoms with Gasteiger partial charge in [-0.15, -0.1) is 5.92 Å². The van der Waals surface area contributed by atoms with Crippen molar-refractivity contribution in [2.24, 2.45) is 5.92 Å². The van der Waals surface area contributed by atoms with Gasteiger partial charge in [0.05, 0.1) is 0 Å². The van der Waals surface area contributed by atoms with Crippen LogP contribution in [0.15, 0.2) is 0 Å². The molecule has 0 spiro atoms. The molecule has 0 aromatic rings. The summed E-state index contributed by atoms with van der Waals surface area (Å²) < 4.78 is 0. The van der Waals surface area contributed by atoms with Gasteiger partial charge in [-0.2, -0.15) is 0 Å². The first-order chi connectivity index (χ1) is 6.93. The molecular formula is C14H24. The molecule has 0 amide bonds. The third-order valence-electron chi connectivity index (χ3n) is 3.07. The number of rotatable bonds is 7. The van der Waals surface area contributed by atoms with Crippen LogP contribution in [0.4, 0.5) is 0 Å². The molecule has 0 aromatic heterocycles. The van der Waals surface area contributed by atoms with Gasteiger partial charge in [0, 0.05) is 12.3 Å². The fourth-order valence-corrected chi connectivity index (χ4v) is 2.11. The average Bonchev–Trinajstić information content (AvgIpc) is 2.25. The molecule has 0 fully saturated rings. The summed E-state index contributed by atoms with van der Waals surface area (Å²) in [6.45, 7) is 2.28. The molecule has 0 heterocycles. The topological polar surface area (TPSA) is 0 Å². The Labute approximate surface area is 89.5 Å². The van der Waals surface area contributed by atoms with Crippen LogP contribution in [0.2, 0.25) is 0 Å². The standard InChI is InChI=1S/C14H24/c1-2-3-4-5-6-8-11-14-12-9-7-10-13-14/h14H,2-9,11-12H2,1H3. The van der Waals surface area contributed by atoms with Gasteiger partial charge in [-0.3, -0.25) is 0 Å². The Hall–Kier alpha value is -0.440. The lowest BCUT2D eigenvalue weighted by Gasteiger charge is -2.12. The Bertz CT molecular complexity index is 182. The second kappa shape index (κ2) is 7.92. The summed E-state index contributed by atoms with van der Waals surface area (Å²) >= 11 is 0. The summed E-state index contributed by atoms with van der Waals surface area (Å²) in [6.07, 6.45) is 13.7. The van der Waals surface area contributed by atoms with Crippen molar-refractivity contribution in [3.05, 3.63) is 0 Å². The van der Waals surface area contributed by atoms with Gasteiger partial charge in [-0.25, -0.2) is 0 Å². The van der Waals surface area contributed by atoms with Crippen LogP contribution < -0.4 is 0 Å². The van der Waals surface area contributed by atoms with Crippen molar-refractivity contribution >= 4 is 0 Å². The zero-order chi connectivity index (χ0) is 10.1.